The molecule has 4 nitrogen and oxygen atoms in total. The molecular weight excluding hydrogens is 360 g/mol. The number of benzene rings is 2. The summed E-state index contributed by atoms with van der Waals surface area (Å²) in [5.41, 5.74) is 4.66. The number of anilines is 1. The molecule has 1 saturated heterocycles. The topological polar surface area (TPSA) is 53.4 Å². The van der Waals surface area contributed by atoms with E-state index in [-0.39, 0.29) is 5.92 Å². The van der Waals surface area contributed by atoms with E-state index in [1.165, 1.54) is 47.8 Å². The number of unbranched alkanes of at least 4 members (excludes halogenated alkanes) is 3. The van der Waals surface area contributed by atoms with Gasteiger partial charge in [-0.25, -0.2) is 4.98 Å². The molecule has 4 heteroatoms. The van der Waals surface area contributed by atoms with E-state index < -0.39 is 5.97 Å². The zero-order chi connectivity index (χ0) is 20.2. The van der Waals surface area contributed by atoms with Gasteiger partial charge in [-0.2, -0.15) is 0 Å². The maximum absolute atomic E-state index is 11.2. The molecule has 1 aromatic heterocycles. The molecule has 0 spiro atoms. The largest absolute Gasteiger partial charge is 0.481 e. The predicted molar refractivity (Wildman–Crippen MR) is 118 cm³/mol. The van der Waals surface area contributed by atoms with Crippen LogP contribution in [0.5, 0.6) is 0 Å². The highest BCUT2D eigenvalue weighted by Gasteiger charge is 2.33. The fraction of sp³-hybridized carbons (Fsp3) is 0.360. The SMILES string of the molecule is CCCCCCc1ccc2nc(N3CC(C(=O)O)C3)cc(-c3ccccc3)c2c1. The monoisotopic (exact) mass is 388 g/mol. The average molecular weight is 389 g/mol. The number of pyridine rings is 1. The van der Waals surface area contributed by atoms with E-state index in [0.29, 0.717) is 13.1 Å². The number of rotatable bonds is 8. The maximum atomic E-state index is 11.2. The Balaban J connectivity index is 1.69. The van der Waals surface area contributed by atoms with Crippen LogP contribution in [0, 0.1) is 5.92 Å². The minimum atomic E-state index is -0.724. The summed E-state index contributed by atoms with van der Waals surface area (Å²) in [4.78, 5) is 18.1. The van der Waals surface area contributed by atoms with Crippen LogP contribution in [0.2, 0.25) is 0 Å². The van der Waals surface area contributed by atoms with Crippen molar-refractivity contribution in [3.05, 3.63) is 60.2 Å². The molecule has 0 atom stereocenters. The van der Waals surface area contributed by atoms with Gasteiger partial charge in [0.15, 0.2) is 0 Å². The van der Waals surface area contributed by atoms with Gasteiger partial charge >= 0.3 is 5.97 Å². The van der Waals surface area contributed by atoms with Crippen molar-refractivity contribution in [3.63, 3.8) is 0 Å². The lowest BCUT2D eigenvalue weighted by molar-refractivity contribution is -0.142. The van der Waals surface area contributed by atoms with E-state index in [1.807, 2.05) is 6.07 Å². The second-order valence-electron chi connectivity index (χ2n) is 8.00. The van der Waals surface area contributed by atoms with E-state index in [4.69, 9.17) is 4.98 Å². The molecule has 150 valence electrons. The first kappa shape index (κ1) is 19.4. The molecule has 2 heterocycles. The molecule has 1 fully saturated rings. The molecule has 0 amide bonds. The van der Waals surface area contributed by atoms with E-state index in [1.54, 1.807) is 0 Å². The number of carboxylic acids is 1. The minimum absolute atomic E-state index is 0.293. The number of nitrogens with zero attached hydrogens (tertiary/aromatic N) is 2. The van der Waals surface area contributed by atoms with Crippen LogP contribution in [0.3, 0.4) is 0 Å². The molecule has 2 aromatic carbocycles. The van der Waals surface area contributed by atoms with Crippen LogP contribution in [-0.2, 0) is 11.2 Å². The zero-order valence-electron chi connectivity index (χ0n) is 17.0. The molecule has 29 heavy (non-hydrogen) atoms. The highest BCUT2D eigenvalue weighted by Crippen LogP contribution is 2.34. The highest BCUT2D eigenvalue weighted by molar-refractivity contribution is 5.96. The van der Waals surface area contributed by atoms with Crippen molar-refractivity contribution in [1.29, 1.82) is 0 Å². The molecule has 1 aliphatic rings. The Morgan fingerprint density at radius 1 is 1.07 bits per heavy atom. The number of hydrogen-bond acceptors (Lipinski definition) is 3. The lowest BCUT2D eigenvalue weighted by Crippen LogP contribution is -2.50. The van der Waals surface area contributed by atoms with E-state index in [2.05, 4.69) is 60.4 Å². The van der Waals surface area contributed by atoms with Gasteiger partial charge < -0.3 is 10.0 Å². The predicted octanol–water partition coefficient (Wildman–Crippen LogP) is 5.55. The second-order valence-corrected chi connectivity index (χ2v) is 8.00. The van der Waals surface area contributed by atoms with Crippen LogP contribution < -0.4 is 4.90 Å². The summed E-state index contributed by atoms with van der Waals surface area (Å²) in [6, 6.07) is 19.1. The van der Waals surface area contributed by atoms with Gasteiger partial charge in [-0.1, -0.05) is 62.6 Å². The van der Waals surface area contributed by atoms with Crippen molar-refractivity contribution in [2.24, 2.45) is 5.92 Å². The molecule has 0 saturated carbocycles. The summed E-state index contributed by atoms with van der Waals surface area (Å²) in [6.07, 6.45) is 6.13. The Morgan fingerprint density at radius 3 is 2.59 bits per heavy atom. The van der Waals surface area contributed by atoms with Crippen LogP contribution in [0.1, 0.15) is 38.2 Å². The first-order valence-corrected chi connectivity index (χ1v) is 10.6. The number of aliphatic carboxylic acids is 1. The molecule has 3 aromatic rings. The molecule has 0 bridgehead atoms. The fourth-order valence-electron chi connectivity index (χ4n) is 4.01. The number of hydrogen-bond donors (Lipinski definition) is 1. The maximum Gasteiger partial charge on any atom is 0.310 e. The van der Waals surface area contributed by atoms with Gasteiger partial charge in [0, 0.05) is 18.5 Å². The summed E-state index contributed by atoms with van der Waals surface area (Å²) < 4.78 is 0. The highest BCUT2D eigenvalue weighted by atomic mass is 16.4. The van der Waals surface area contributed by atoms with Crippen molar-refractivity contribution >= 4 is 22.7 Å². The Kier molecular flexibility index (Phi) is 5.79. The smallest absolute Gasteiger partial charge is 0.310 e. The van der Waals surface area contributed by atoms with Crippen LogP contribution >= 0.6 is 0 Å². The minimum Gasteiger partial charge on any atom is -0.481 e. The third-order valence-corrected chi connectivity index (χ3v) is 5.82. The fourth-order valence-corrected chi connectivity index (χ4v) is 4.01. The molecule has 1 N–H and O–H groups in total. The summed E-state index contributed by atoms with van der Waals surface area (Å²) in [6.45, 7) is 3.29. The Hall–Kier alpha value is -2.88. The lowest BCUT2D eigenvalue weighted by Gasteiger charge is -2.38. The van der Waals surface area contributed by atoms with Crippen LogP contribution in [0.15, 0.2) is 54.6 Å². The van der Waals surface area contributed by atoms with E-state index in [0.717, 1.165) is 17.8 Å². The van der Waals surface area contributed by atoms with Crippen LogP contribution in [0.25, 0.3) is 22.0 Å². The number of fused-ring (bicyclic) bond motifs is 1. The van der Waals surface area contributed by atoms with Gasteiger partial charge in [-0.3, -0.25) is 4.79 Å². The van der Waals surface area contributed by atoms with Gasteiger partial charge in [-0.15, -0.1) is 0 Å². The lowest BCUT2D eigenvalue weighted by atomic mass is 9.96. The van der Waals surface area contributed by atoms with Gasteiger partial charge in [-0.05, 0) is 47.7 Å². The average Bonchev–Trinajstić information content (AvgIpc) is 2.70. The number of carbonyl (C=O) groups is 1. The standard InChI is InChI=1S/C25H28N2O2/c1-2-3-4-6-9-18-12-13-23-22(14-18)21(19-10-7-5-8-11-19)15-24(26-23)27-16-20(17-27)25(28)29/h5,7-8,10-15,20H,2-4,6,9,16-17H2,1H3,(H,28,29). The van der Waals surface area contributed by atoms with Gasteiger partial charge in [0.25, 0.3) is 0 Å². The van der Waals surface area contributed by atoms with Crippen LogP contribution in [0.4, 0.5) is 5.82 Å². The first-order chi connectivity index (χ1) is 14.2. The van der Waals surface area contributed by atoms with Crippen molar-refractivity contribution in [1.82, 2.24) is 4.98 Å². The van der Waals surface area contributed by atoms with Crippen molar-refractivity contribution in [2.45, 2.75) is 39.0 Å². The molecule has 0 unspecified atom stereocenters. The van der Waals surface area contributed by atoms with Crippen molar-refractivity contribution in [3.8, 4) is 11.1 Å². The van der Waals surface area contributed by atoms with E-state index in [9.17, 15) is 9.90 Å². The Morgan fingerprint density at radius 2 is 1.86 bits per heavy atom. The Labute approximate surface area is 172 Å². The number of carboxylic acid groups (broad SMARTS) is 1. The molecular formula is C25H28N2O2. The van der Waals surface area contributed by atoms with Gasteiger partial charge in [0.05, 0.1) is 11.4 Å². The third-order valence-electron chi connectivity index (χ3n) is 5.82. The molecule has 0 aliphatic carbocycles. The molecule has 4 rings (SSSR count). The molecule has 1 aliphatic heterocycles. The summed E-state index contributed by atoms with van der Waals surface area (Å²) in [7, 11) is 0. The quantitative estimate of drug-likeness (QED) is 0.514. The summed E-state index contributed by atoms with van der Waals surface area (Å²) >= 11 is 0. The summed E-state index contributed by atoms with van der Waals surface area (Å²) in [5, 5.41) is 10.4. The van der Waals surface area contributed by atoms with Gasteiger partial charge in [0.1, 0.15) is 5.82 Å². The molecule has 0 radical (unpaired) electrons. The van der Waals surface area contributed by atoms with Crippen molar-refractivity contribution in [2.75, 3.05) is 18.0 Å². The second kappa shape index (κ2) is 8.64. The zero-order valence-corrected chi connectivity index (χ0v) is 17.0. The van der Waals surface area contributed by atoms with Crippen LogP contribution in [-0.4, -0.2) is 29.1 Å². The summed E-state index contributed by atoms with van der Waals surface area (Å²) in [5.74, 6) is -0.152. The Bertz CT molecular complexity index is 994. The number of aryl methyl sites for hydroxylation is 1. The van der Waals surface area contributed by atoms with Crippen molar-refractivity contribution < 1.29 is 9.90 Å². The van der Waals surface area contributed by atoms with Gasteiger partial charge in [0.2, 0.25) is 0 Å². The third kappa shape index (κ3) is 4.26. The normalized spacial score (nSPS) is 14.2. The first-order valence-electron chi connectivity index (χ1n) is 10.6. The van der Waals surface area contributed by atoms with E-state index >= 15 is 0 Å². The number of aromatic nitrogens is 1.